The molecule has 0 bridgehead atoms. The monoisotopic (exact) mass is 548 g/mol. The van der Waals surface area contributed by atoms with Crippen molar-refractivity contribution in [1.29, 1.82) is 0 Å². The zero-order valence-corrected chi connectivity index (χ0v) is 24.6. The molecule has 0 N–H and O–H groups in total. The summed E-state index contributed by atoms with van der Waals surface area (Å²) in [5.41, 5.74) is 1.46. The van der Waals surface area contributed by atoms with Crippen LogP contribution in [0.15, 0.2) is 48.5 Å². The first kappa shape index (κ1) is 30.3. The Hall–Kier alpha value is -2.70. The highest BCUT2D eigenvalue weighted by Gasteiger charge is 2.29. The molecule has 2 fully saturated rings. The third kappa shape index (κ3) is 8.90. The molecule has 2 saturated heterocycles. The second kappa shape index (κ2) is 15.9. The number of ketones is 2. The van der Waals surface area contributed by atoms with Crippen LogP contribution < -0.4 is 9.47 Å². The molecule has 6 heteroatoms. The second-order valence-corrected chi connectivity index (χ2v) is 11.3. The molecule has 0 aliphatic carbocycles. The first-order valence-electron chi connectivity index (χ1n) is 15.6. The Labute approximate surface area is 241 Å². The van der Waals surface area contributed by atoms with Crippen LogP contribution in [0.5, 0.6) is 11.5 Å². The lowest BCUT2D eigenvalue weighted by molar-refractivity contribution is 0.0793. The summed E-state index contributed by atoms with van der Waals surface area (Å²) < 4.78 is 11.2. The van der Waals surface area contributed by atoms with Gasteiger partial charge in [0.05, 0.1) is 13.2 Å². The lowest BCUT2D eigenvalue weighted by Crippen LogP contribution is -2.39. The second-order valence-electron chi connectivity index (χ2n) is 11.3. The van der Waals surface area contributed by atoms with Crippen molar-refractivity contribution in [1.82, 2.24) is 9.80 Å². The Morgan fingerprint density at radius 2 is 0.950 bits per heavy atom. The molecule has 40 heavy (non-hydrogen) atoms. The predicted octanol–water partition coefficient (Wildman–Crippen LogP) is 6.53. The number of ether oxygens (including phenoxy) is 2. The van der Waals surface area contributed by atoms with Crippen LogP contribution in [-0.4, -0.2) is 73.8 Å². The minimum atomic E-state index is -0.131. The number of hydrogen-bond donors (Lipinski definition) is 0. The number of carbonyl (C=O) groups excluding carboxylic acids is 2. The summed E-state index contributed by atoms with van der Waals surface area (Å²) in [6.07, 6.45) is 8.73. The van der Waals surface area contributed by atoms with Crippen molar-refractivity contribution < 1.29 is 19.1 Å². The highest BCUT2D eigenvalue weighted by Crippen LogP contribution is 2.26. The Morgan fingerprint density at radius 3 is 1.27 bits per heavy atom. The summed E-state index contributed by atoms with van der Waals surface area (Å²) in [4.78, 5) is 32.6. The third-order valence-corrected chi connectivity index (χ3v) is 8.36. The summed E-state index contributed by atoms with van der Waals surface area (Å²) in [7, 11) is 0. The molecule has 0 unspecified atom stereocenters. The molecule has 0 saturated carbocycles. The number of likely N-dealkylation sites (tertiary alicyclic amines) is 2. The summed E-state index contributed by atoms with van der Waals surface area (Å²) in [6.45, 7) is 10.9. The van der Waals surface area contributed by atoms with Crippen molar-refractivity contribution in [3.8, 4) is 11.5 Å². The summed E-state index contributed by atoms with van der Waals surface area (Å²) in [6, 6.07) is 15.2. The van der Waals surface area contributed by atoms with E-state index >= 15 is 0 Å². The largest absolute Gasteiger partial charge is 0.494 e. The van der Waals surface area contributed by atoms with Crippen molar-refractivity contribution in [2.75, 3.05) is 52.5 Å². The van der Waals surface area contributed by atoms with E-state index in [1.807, 2.05) is 62.4 Å². The molecular formula is C34H48N2O4. The van der Waals surface area contributed by atoms with Gasteiger partial charge in [-0.05, 0) is 127 Å². The SMILES string of the molecule is CCOc1ccc(C(=O)[C@H](CC[C@H](CN2CCCCC2)C(=O)c2ccc(OCC)cc2)CN2CCCCC2)cc1. The molecule has 0 spiro atoms. The maximum absolute atomic E-state index is 13.9. The molecule has 2 aliphatic rings. The van der Waals surface area contributed by atoms with E-state index in [2.05, 4.69) is 9.80 Å². The number of hydrogen-bond acceptors (Lipinski definition) is 6. The van der Waals surface area contributed by atoms with Gasteiger partial charge in [0, 0.05) is 36.1 Å². The van der Waals surface area contributed by atoms with Gasteiger partial charge >= 0.3 is 0 Å². The number of benzene rings is 2. The Bertz CT molecular complexity index is 955. The van der Waals surface area contributed by atoms with Gasteiger partial charge in [-0.15, -0.1) is 0 Å². The van der Waals surface area contributed by atoms with E-state index in [-0.39, 0.29) is 23.4 Å². The van der Waals surface area contributed by atoms with Gasteiger partial charge in [-0.1, -0.05) is 12.8 Å². The van der Waals surface area contributed by atoms with Crippen molar-refractivity contribution in [3.05, 3.63) is 59.7 Å². The number of carbonyl (C=O) groups is 2. The van der Waals surface area contributed by atoms with Gasteiger partial charge in [0.1, 0.15) is 11.5 Å². The smallest absolute Gasteiger partial charge is 0.167 e. The average Bonchev–Trinajstić information content (AvgIpc) is 3.00. The molecule has 2 aliphatic heterocycles. The van der Waals surface area contributed by atoms with E-state index in [9.17, 15) is 9.59 Å². The third-order valence-electron chi connectivity index (χ3n) is 8.36. The van der Waals surface area contributed by atoms with Gasteiger partial charge in [0.2, 0.25) is 0 Å². The van der Waals surface area contributed by atoms with E-state index in [0.29, 0.717) is 26.1 Å². The summed E-state index contributed by atoms with van der Waals surface area (Å²) in [5.74, 6) is 1.67. The lowest BCUT2D eigenvalue weighted by Gasteiger charge is -2.32. The molecular weight excluding hydrogens is 500 g/mol. The van der Waals surface area contributed by atoms with Gasteiger partial charge in [0.25, 0.3) is 0 Å². The fourth-order valence-corrected chi connectivity index (χ4v) is 6.16. The van der Waals surface area contributed by atoms with Gasteiger partial charge in [-0.3, -0.25) is 9.59 Å². The fraction of sp³-hybridized carbons (Fsp3) is 0.588. The number of nitrogens with zero attached hydrogens (tertiary/aromatic N) is 2. The van der Waals surface area contributed by atoms with Crippen molar-refractivity contribution in [3.63, 3.8) is 0 Å². The minimum absolute atomic E-state index is 0.131. The molecule has 4 rings (SSSR count). The van der Waals surface area contributed by atoms with Crippen molar-refractivity contribution in [2.24, 2.45) is 11.8 Å². The van der Waals surface area contributed by atoms with E-state index in [1.54, 1.807) is 0 Å². The van der Waals surface area contributed by atoms with Gasteiger partial charge < -0.3 is 19.3 Å². The first-order chi connectivity index (χ1) is 19.6. The molecule has 2 aromatic carbocycles. The number of piperidine rings is 2. The van der Waals surface area contributed by atoms with Crippen LogP contribution in [0, 0.1) is 11.8 Å². The Balaban J connectivity index is 1.50. The van der Waals surface area contributed by atoms with Crippen LogP contribution in [0.3, 0.4) is 0 Å². The van der Waals surface area contributed by atoms with Crippen molar-refractivity contribution in [2.45, 2.75) is 65.2 Å². The highest BCUT2D eigenvalue weighted by atomic mass is 16.5. The first-order valence-corrected chi connectivity index (χ1v) is 15.6. The predicted molar refractivity (Wildman–Crippen MR) is 161 cm³/mol. The standard InChI is InChI=1S/C34H48N2O4/c1-3-39-31-17-13-27(14-18-31)33(37)29(25-35-21-7-5-8-22-35)11-12-30(26-36-23-9-6-10-24-36)34(38)28-15-19-32(20-16-28)40-4-2/h13-20,29-30H,3-12,21-26H2,1-2H3/t29-,30-/m1/s1. The fourth-order valence-electron chi connectivity index (χ4n) is 6.16. The molecule has 0 amide bonds. The Morgan fingerprint density at radius 1 is 0.600 bits per heavy atom. The molecule has 2 aromatic rings. The lowest BCUT2D eigenvalue weighted by atomic mass is 9.85. The van der Waals surface area contributed by atoms with E-state index in [0.717, 1.165) is 61.9 Å². The molecule has 2 heterocycles. The normalized spacial score (nSPS) is 18.1. The maximum Gasteiger partial charge on any atom is 0.167 e. The zero-order valence-electron chi connectivity index (χ0n) is 24.6. The molecule has 2 atom stereocenters. The molecule has 0 aromatic heterocycles. The van der Waals surface area contributed by atoms with Crippen LogP contribution in [0.2, 0.25) is 0 Å². The highest BCUT2D eigenvalue weighted by molar-refractivity contribution is 5.99. The van der Waals surface area contributed by atoms with Crippen LogP contribution in [-0.2, 0) is 0 Å². The number of rotatable bonds is 15. The molecule has 218 valence electrons. The topological polar surface area (TPSA) is 59.1 Å². The molecule has 0 radical (unpaired) electrons. The number of Topliss-reactive ketones (excluding diaryl/α,β-unsaturated/α-hetero) is 2. The van der Waals surface area contributed by atoms with Gasteiger partial charge in [-0.25, -0.2) is 0 Å². The maximum atomic E-state index is 13.9. The van der Waals surface area contributed by atoms with Crippen LogP contribution in [0.25, 0.3) is 0 Å². The van der Waals surface area contributed by atoms with Gasteiger partial charge in [0.15, 0.2) is 11.6 Å². The van der Waals surface area contributed by atoms with Crippen molar-refractivity contribution >= 4 is 11.6 Å². The van der Waals surface area contributed by atoms with E-state index in [4.69, 9.17) is 9.47 Å². The van der Waals surface area contributed by atoms with Crippen LogP contribution in [0.1, 0.15) is 85.9 Å². The minimum Gasteiger partial charge on any atom is -0.494 e. The summed E-state index contributed by atoms with van der Waals surface area (Å²) in [5, 5.41) is 0. The van der Waals surface area contributed by atoms with E-state index < -0.39 is 0 Å². The van der Waals surface area contributed by atoms with Crippen LogP contribution >= 0.6 is 0 Å². The van der Waals surface area contributed by atoms with Gasteiger partial charge in [-0.2, -0.15) is 0 Å². The van der Waals surface area contributed by atoms with Crippen LogP contribution in [0.4, 0.5) is 0 Å². The molecule has 6 nitrogen and oxygen atoms in total. The van der Waals surface area contributed by atoms with E-state index in [1.165, 1.54) is 38.5 Å². The average molecular weight is 549 g/mol. The summed E-state index contributed by atoms with van der Waals surface area (Å²) >= 11 is 0. The quantitative estimate of drug-likeness (QED) is 0.236. The zero-order chi connectivity index (χ0) is 28.2. The Kier molecular flexibility index (Phi) is 12.0.